The lowest BCUT2D eigenvalue weighted by molar-refractivity contribution is -0.154. The predicted octanol–water partition coefficient (Wildman–Crippen LogP) is -0.109. The Balaban J connectivity index is 2.79. The highest BCUT2D eigenvalue weighted by molar-refractivity contribution is 5.98. The molecule has 0 aromatic carbocycles. The minimum Gasteiger partial charge on any atom is -0.273 e. The van der Waals surface area contributed by atoms with Gasteiger partial charge in [-0.3, -0.25) is 9.59 Å². The van der Waals surface area contributed by atoms with Gasteiger partial charge >= 0.3 is 0 Å². The summed E-state index contributed by atoms with van der Waals surface area (Å²) in [7, 11) is 0. The van der Waals surface area contributed by atoms with Crippen molar-refractivity contribution in [3.8, 4) is 0 Å². The van der Waals surface area contributed by atoms with Crippen molar-refractivity contribution in [3.63, 3.8) is 0 Å². The molecule has 4 heteroatoms. The number of hydrogen-bond acceptors (Lipinski definition) is 3. The molecule has 1 rings (SSSR count). The van der Waals surface area contributed by atoms with Crippen LogP contribution < -0.4 is 5.84 Å². The Labute approximate surface area is 65.3 Å². The molecule has 2 atom stereocenters. The molecule has 11 heavy (non-hydrogen) atoms. The molecular weight excluding hydrogens is 144 g/mol. The summed E-state index contributed by atoms with van der Waals surface area (Å²) in [6, 6.07) is 0. The molecule has 0 radical (unpaired) electrons. The molecule has 0 spiro atoms. The molecule has 0 bridgehead atoms. The smallest absolute Gasteiger partial charge is 0.246 e. The van der Waals surface area contributed by atoms with E-state index < -0.39 is 0 Å². The van der Waals surface area contributed by atoms with Crippen LogP contribution in [0.4, 0.5) is 0 Å². The Kier molecular flexibility index (Phi) is 1.95. The van der Waals surface area contributed by atoms with Crippen LogP contribution in [-0.4, -0.2) is 16.8 Å². The highest BCUT2D eigenvalue weighted by Gasteiger charge is 2.34. The van der Waals surface area contributed by atoms with Gasteiger partial charge in [0, 0.05) is 12.3 Å². The number of nitrogens with zero attached hydrogens (tertiary/aromatic N) is 1. The van der Waals surface area contributed by atoms with E-state index in [1.54, 1.807) is 6.92 Å². The molecule has 62 valence electrons. The van der Waals surface area contributed by atoms with Crippen molar-refractivity contribution in [2.24, 2.45) is 17.7 Å². The summed E-state index contributed by atoms with van der Waals surface area (Å²) in [4.78, 5) is 22.1. The second kappa shape index (κ2) is 2.62. The van der Waals surface area contributed by atoms with Crippen molar-refractivity contribution in [1.29, 1.82) is 0 Å². The van der Waals surface area contributed by atoms with E-state index >= 15 is 0 Å². The predicted molar refractivity (Wildman–Crippen MR) is 39.0 cm³/mol. The molecule has 1 fully saturated rings. The minimum absolute atomic E-state index is 0.120. The Morgan fingerprint density at radius 3 is 2.55 bits per heavy atom. The molecular formula is C7H12N2O2. The van der Waals surface area contributed by atoms with Gasteiger partial charge in [-0.15, -0.1) is 0 Å². The topological polar surface area (TPSA) is 63.4 Å². The number of carbonyl (C=O) groups excluding carboxylic acids is 2. The monoisotopic (exact) mass is 156 g/mol. The van der Waals surface area contributed by atoms with Crippen molar-refractivity contribution in [2.45, 2.75) is 20.3 Å². The lowest BCUT2D eigenvalue weighted by Crippen LogP contribution is -2.51. The molecule has 0 aromatic heterocycles. The van der Waals surface area contributed by atoms with E-state index in [1.165, 1.54) is 0 Å². The van der Waals surface area contributed by atoms with Crippen LogP contribution in [-0.2, 0) is 9.59 Å². The summed E-state index contributed by atoms with van der Waals surface area (Å²) in [5, 5.41) is 0.727. The summed E-state index contributed by atoms with van der Waals surface area (Å²) < 4.78 is 0. The average molecular weight is 156 g/mol. The zero-order chi connectivity index (χ0) is 8.59. The Bertz CT molecular complexity index is 203. The van der Waals surface area contributed by atoms with Gasteiger partial charge in [-0.05, 0) is 5.92 Å². The molecule has 2 unspecified atom stereocenters. The van der Waals surface area contributed by atoms with Crippen LogP contribution in [0.3, 0.4) is 0 Å². The van der Waals surface area contributed by atoms with Gasteiger partial charge in [-0.25, -0.2) is 10.9 Å². The summed E-state index contributed by atoms with van der Waals surface area (Å²) in [5.41, 5.74) is 0. The molecule has 1 saturated heterocycles. The van der Waals surface area contributed by atoms with Gasteiger partial charge < -0.3 is 0 Å². The normalized spacial score (nSPS) is 32.8. The quantitative estimate of drug-likeness (QED) is 0.302. The lowest BCUT2D eigenvalue weighted by Gasteiger charge is -2.29. The maximum atomic E-state index is 11.1. The van der Waals surface area contributed by atoms with Gasteiger partial charge in [-0.1, -0.05) is 13.8 Å². The third kappa shape index (κ3) is 1.26. The number of hydrazine groups is 1. The summed E-state index contributed by atoms with van der Waals surface area (Å²) in [6.07, 6.45) is 0.378. The molecule has 0 saturated carbocycles. The second-order valence-corrected chi connectivity index (χ2v) is 3.07. The molecule has 1 aliphatic rings. The van der Waals surface area contributed by atoms with E-state index in [0.29, 0.717) is 6.42 Å². The summed E-state index contributed by atoms with van der Waals surface area (Å²) in [5.74, 6) is 4.65. The first-order valence-electron chi connectivity index (χ1n) is 3.65. The summed E-state index contributed by atoms with van der Waals surface area (Å²) >= 11 is 0. The van der Waals surface area contributed by atoms with E-state index in [9.17, 15) is 9.59 Å². The fraction of sp³-hybridized carbons (Fsp3) is 0.714. The van der Waals surface area contributed by atoms with E-state index in [0.717, 1.165) is 5.01 Å². The third-order valence-electron chi connectivity index (χ3n) is 2.25. The average Bonchev–Trinajstić information content (AvgIpc) is 1.97. The molecule has 0 aromatic rings. The highest BCUT2D eigenvalue weighted by atomic mass is 16.2. The van der Waals surface area contributed by atoms with Crippen LogP contribution in [0.15, 0.2) is 0 Å². The van der Waals surface area contributed by atoms with E-state index in [1.807, 2.05) is 6.92 Å². The fourth-order valence-corrected chi connectivity index (χ4v) is 1.14. The van der Waals surface area contributed by atoms with Crippen molar-refractivity contribution in [3.05, 3.63) is 0 Å². The third-order valence-corrected chi connectivity index (χ3v) is 2.25. The van der Waals surface area contributed by atoms with Crippen LogP contribution in [0.1, 0.15) is 20.3 Å². The first kappa shape index (κ1) is 8.20. The minimum atomic E-state index is -0.277. The maximum Gasteiger partial charge on any atom is 0.246 e. The van der Waals surface area contributed by atoms with Crippen molar-refractivity contribution in [2.75, 3.05) is 0 Å². The van der Waals surface area contributed by atoms with Crippen LogP contribution in [0, 0.1) is 11.8 Å². The number of hydrogen-bond donors (Lipinski definition) is 1. The van der Waals surface area contributed by atoms with Crippen molar-refractivity contribution in [1.82, 2.24) is 5.01 Å². The number of imide groups is 1. The lowest BCUT2D eigenvalue weighted by atomic mass is 9.88. The van der Waals surface area contributed by atoms with Crippen LogP contribution in [0.2, 0.25) is 0 Å². The molecule has 2 amide bonds. The molecule has 0 aliphatic carbocycles. The summed E-state index contributed by atoms with van der Waals surface area (Å²) in [6.45, 7) is 3.67. The zero-order valence-corrected chi connectivity index (χ0v) is 6.70. The number of amides is 2. The van der Waals surface area contributed by atoms with E-state index in [4.69, 9.17) is 5.84 Å². The SMILES string of the molecule is CC1CC(=O)N(N)C(=O)C1C. The largest absolute Gasteiger partial charge is 0.273 e. The second-order valence-electron chi connectivity index (χ2n) is 3.07. The van der Waals surface area contributed by atoms with Crippen LogP contribution in [0.5, 0.6) is 0 Å². The highest BCUT2D eigenvalue weighted by Crippen LogP contribution is 2.22. The van der Waals surface area contributed by atoms with Crippen LogP contribution >= 0.6 is 0 Å². The molecule has 4 nitrogen and oxygen atoms in total. The van der Waals surface area contributed by atoms with E-state index in [-0.39, 0.29) is 23.7 Å². The Hall–Kier alpha value is -0.900. The first-order chi connectivity index (χ1) is 5.04. The van der Waals surface area contributed by atoms with Crippen LogP contribution in [0.25, 0.3) is 0 Å². The number of nitrogens with two attached hydrogens (primary N) is 1. The van der Waals surface area contributed by atoms with Crippen molar-refractivity contribution >= 4 is 11.8 Å². The number of piperidine rings is 1. The standard InChI is InChI=1S/C7H12N2O2/c1-4-3-6(10)9(8)7(11)5(4)2/h4-5H,3,8H2,1-2H3. The number of carbonyl (C=O) groups is 2. The molecule has 2 N–H and O–H groups in total. The number of rotatable bonds is 0. The first-order valence-corrected chi connectivity index (χ1v) is 3.65. The maximum absolute atomic E-state index is 11.1. The Morgan fingerprint density at radius 1 is 1.45 bits per heavy atom. The fourth-order valence-electron chi connectivity index (χ4n) is 1.14. The van der Waals surface area contributed by atoms with E-state index in [2.05, 4.69) is 0 Å². The van der Waals surface area contributed by atoms with Gasteiger partial charge in [0.25, 0.3) is 0 Å². The Morgan fingerprint density at radius 2 is 2.00 bits per heavy atom. The van der Waals surface area contributed by atoms with Crippen molar-refractivity contribution < 1.29 is 9.59 Å². The van der Waals surface area contributed by atoms with Gasteiger partial charge in [0.05, 0.1) is 0 Å². The molecule has 1 heterocycles. The molecule has 1 aliphatic heterocycles. The van der Waals surface area contributed by atoms with Gasteiger partial charge in [0.15, 0.2) is 0 Å². The van der Waals surface area contributed by atoms with Gasteiger partial charge in [-0.2, -0.15) is 0 Å². The zero-order valence-electron chi connectivity index (χ0n) is 6.70. The van der Waals surface area contributed by atoms with Gasteiger partial charge in [0.1, 0.15) is 0 Å². The van der Waals surface area contributed by atoms with Gasteiger partial charge in [0.2, 0.25) is 11.8 Å².